The monoisotopic (exact) mass is 562 g/mol. The maximum Gasteiger partial charge on any atom is 0.416 e. The van der Waals surface area contributed by atoms with Gasteiger partial charge in [0.2, 0.25) is 0 Å². The minimum Gasteiger partial charge on any atom is -0.378 e. The van der Waals surface area contributed by atoms with Crippen molar-refractivity contribution in [3.05, 3.63) is 82.1 Å². The Labute approximate surface area is 219 Å². The van der Waals surface area contributed by atoms with Crippen LogP contribution >= 0.6 is 18.9 Å². The zero-order valence-corrected chi connectivity index (χ0v) is 21.6. The van der Waals surface area contributed by atoms with Crippen LogP contribution in [0.25, 0.3) is 10.6 Å². The molecule has 198 valence electrons. The van der Waals surface area contributed by atoms with Gasteiger partial charge >= 0.3 is 13.8 Å². The van der Waals surface area contributed by atoms with Crippen LogP contribution in [0, 0.1) is 6.92 Å². The van der Waals surface area contributed by atoms with Gasteiger partial charge in [0, 0.05) is 12.4 Å². The summed E-state index contributed by atoms with van der Waals surface area (Å²) in [5.41, 5.74) is 0.258. The van der Waals surface area contributed by atoms with E-state index < -0.39 is 24.9 Å². The average Bonchev–Trinajstić information content (AvgIpc) is 3.34. The molecule has 1 aromatic carbocycles. The van der Waals surface area contributed by atoms with Gasteiger partial charge in [-0.3, -0.25) is 4.57 Å². The molecule has 0 amide bonds. The van der Waals surface area contributed by atoms with Gasteiger partial charge in [0.1, 0.15) is 22.2 Å². The van der Waals surface area contributed by atoms with Crippen LogP contribution in [0.3, 0.4) is 0 Å². The van der Waals surface area contributed by atoms with Gasteiger partial charge in [0.05, 0.1) is 21.4 Å². The number of alkyl halides is 3. The number of anilines is 2. The van der Waals surface area contributed by atoms with E-state index in [0.717, 1.165) is 23.9 Å². The lowest BCUT2D eigenvalue weighted by atomic mass is 9.79. The van der Waals surface area contributed by atoms with Gasteiger partial charge in [-0.25, -0.2) is 15.0 Å². The summed E-state index contributed by atoms with van der Waals surface area (Å²) in [7, 11) is -4.43. The highest BCUT2D eigenvalue weighted by Crippen LogP contribution is 2.44. The first-order chi connectivity index (χ1) is 17.8. The summed E-state index contributed by atoms with van der Waals surface area (Å²) in [6.07, 6.45) is -0.296. The molecule has 1 atom stereocenters. The van der Waals surface area contributed by atoms with E-state index in [0.29, 0.717) is 51.8 Å². The van der Waals surface area contributed by atoms with Crippen LogP contribution in [0.5, 0.6) is 0 Å². The predicted octanol–water partition coefficient (Wildman–Crippen LogP) is 5.05. The summed E-state index contributed by atoms with van der Waals surface area (Å²) in [4.78, 5) is 32.6. The minimum atomic E-state index is -4.50. The normalized spacial score (nSPS) is 17.8. The van der Waals surface area contributed by atoms with E-state index in [1.807, 2.05) is 6.92 Å². The quantitative estimate of drug-likeness (QED) is 0.249. The fraction of sp³-hybridized carbons (Fsp3) is 0.240. The predicted molar refractivity (Wildman–Crippen MR) is 137 cm³/mol. The molecule has 8 nitrogen and oxygen atoms in total. The molecule has 13 heteroatoms. The topological polar surface area (TPSA) is 128 Å². The van der Waals surface area contributed by atoms with Gasteiger partial charge in [-0.05, 0) is 79.3 Å². The third-order valence-corrected chi connectivity index (χ3v) is 8.40. The Morgan fingerprint density at radius 3 is 2.61 bits per heavy atom. The second-order valence-electron chi connectivity index (χ2n) is 9.10. The number of thiazole rings is 1. The van der Waals surface area contributed by atoms with E-state index in [2.05, 4.69) is 20.3 Å². The average molecular weight is 563 g/mol. The van der Waals surface area contributed by atoms with Crippen LogP contribution < -0.4 is 10.6 Å². The van der Waals surface area contributed by atoms with Crippen molar-refractivity contribution in [1.29, 1.82) is 0 Å². The zero-order valence-electron chi connectivity index (χ0n) is 19.9. The van der Waals surface area contributed by atoms with E-state index >= 15 is 0 Å². The summed E-state index contributed by atoms with van der Waals surface area (Å²) in [5.74, 6) is 0.296. The molecule has 0 fully saturated rings. The third kappa shape index (κ3) is 5.23. The Balaban J connectivity index is 1.46. The molecule has 3 heterocycles. The van der Waals surface area contributed by atoms with Crippen molar-refractivity contribution in [2.75, 3.05) is 5.32 Å². The second kappa shape index (κ2) is 9.55. The summed E-state index contributed by atoms with van der Waals surface area (Å²) < 4.78 is 50.9. The molecular formula is C25H22F3N4O4PS. The number of aryl methyl sites for hydroxylation is 2. The third-order valence-electron chi connectivity index (χ3n) is 6.28. The van der Waals surface area contributed by atoms with Crippen LogP contribution in [-0.2, 0) is 22.8 Å². The zero-order chi connectivity index (χ0) is 27.3. The first-order valence-electron chi connectivity index (χ1n) is 11.5. The molecule has 4 N–H and O–H groups in total. The van der Waals surface area contributed by atoms with E-state index in [4.69, 9.17) is 0 Å². The Bertz CT molecular complexity index is 1570. The standard InChI is InChI=1S/C25H22F3N4O4PS/c1-14-9-19(31-22(10-14)32-21-12-16(6-8-29-21)25(26,27)28)20-13-30-23(38-20)24(33)7-2-3-15-11-17(37(34,35)36)4-5-18(15)24/h4-6,8-13,33H,2-3,7H2,1H3,(H,29,31,32)(H2,34,35,36). The van der Waals surface area contributed by atoms with Crippen molar-refractivity contribution in [3.8, 4) is 10.6 Å². The number of rotatable bonds is 5. The summed E-state index contributed by atoms with van der Waals surface area (Å²) in [6.45, 7) is 1.82. The van der Waals surface area contributed by atoms with Crippen molar-refractivity contribution in [2.24, 2.45) is 0 Å². The number of fused-ring (bicyclic) bond motifs is 1. The largest absolute Gasteiger partial charge is 0.416 e. The summed E-state index contributed by atoms with van der Waals surface area (Å²) in [6, 6.07) is 9.58. The number of nitrogens with zero attached hydrogens (tertiary/aromatic N) is 3. The molecule has 38 heavy (non-hydrogen) atoms. The Morgan fingerprint density at radius 1 is 1.08 bits per heavy atom. The van der Waals surface area contributed by atoms with Crippen molar-refractivity contribution in [2.45, 2.75) is 38.0 Å². The fourth-order valence-electron chi connectivity index (χ4n) is 4.51. The Kier molecular flexibility index (Phi) is 6.65. The minimum absolute atomic E-state index is 0.00309. The van der Waals surface area contributed by atoms with Gasteiger partial charge < -0.3 is 20.2 Å². The number of hydrogen-bond acceptors (Lipinski definition) is 7. The maximum atomic E-state index is 13.1. The van der Waals surface area contributed by atoms with Gasteiger partial charge in [-0.1, -0.05) is 6.07 Å². The molecular weight excluding hydrogens is 540 g/mol. The molecule has 0 radical (unpaired) electrons. The molecule has 0 saturated carbocycles. The number of nitrogens with one attached hydrogen (secondary N) is 1. The second-order valence-corrected chi connectivity index (χ2v) is 11.7. The van der Waals surface area contributed by atoms with Crippen molar-refractivity contribution < 1.29 is 32.6 Å². The molecule has 3 aromatic heterocycles. The van der Waals surface area contributed by atoms with E-state index in [9.17, 15) is 32.6 Å². The number of halogens is 3. The Morgan fingerprint density at radius 2 is 1.87 bits per heavy atom. The molecule has 5 rings (SSSR count). The van der Waals surface area contributed by atoms with Crippen LogP contribution in [0.2, 0.25) is 0 Å². The van der Waals surface area contributed by atoms with Gasteiger partial charge in [-0.15, -0.1) is 11.3 Å². The highest BCUT2D eigenvalue weighted by atomic mass is 32.1. The molecule has 0 spiro atoms. The molecule has 0 saturated heterocycles. The van der Waals surface area contributed by atoms with Gasteiger partial charge in [0.25, 0.3) is 0 Å². The van der Waals surface area contributed by atoms with Gasteiger partial charge in [0.15, 0.2) is 0 Å². The number of aromatic nitrogens is 3. The SMILES string of the molecule is Cc1cc(Nc2cc(C(F)(F)F)ccn2)nc(-c2cnc(C3(O)CCCc4cc(P(=O)(O)O)ccc43)s2)c1. The van der Waals surface area contributed by atoms with Crippen molar-refractivity contribution in [3.63, 3.8) is 0 Å². The molecule has 0 aliphatic heterocycles. The van der Waals surface area contributed by atoms with Crippen LogP contribution in [0.1, 0.15) is 40.1 Å². The van der Waals surface area contributed by atoms with Crippen LogP contribution in [0.4, 0.5) is 24.8 Å². The Hall–Kier alpha value is -3.15. The highest BCUT2D eigenvalue weighted by Gasteiger charge is 2.39. The lowest BCUT2D eigenvalue weighted by Crippen LogP contribution is -2.32. The van der Waals surface area contributed by atoms with E-state index in [1.165, 1.54) is 23.5 Å². The molecule has 1 aliphatic carbocycles. The van der Waals surface area contributed by atoms with Crippen molar-refractivity contribution >= 4 is 35.9 Å². The van der Waals surface area contributed by atoms with E-state index in [1.54, 1.807) is 24.4 Å². The molecule has 0 bridgehead atoms. The summed E-state index contributed by atoms with van der Waals surface area (Å²) >= 11 is 1.22. The summed E-state index contributed by atoms with van der Waals surface area (Å²) in [5, 5.41) is 14.8. The van der Waals surface area contributed by atoms with Gasteiger partial charge in [-0.2, -0.15) is 13.2 Å². The number of hydrogen-bond donors (Lipinski definition) is 4. The number of pyridine rings is 2. The fourth-order valence-corrected chi connectivity index (χ4v) is 6.11. The molecule has 1 unspecified atom stereocenters. The highest BCUT2D eigenvalue weighted by molar-refractivity contribution is 7.60. The molecule has 1 aliphatic rings. The lowest BCUT2D eigenvalue weighted by molar-refractivity contribution is -0.137. The molecule has 4 aromatic rings. The first-order valence-corrected chi connectivity index (χ1v) is 13.9. The number of aliphatic hydroxyl groups is 1. The maximum absolute atomic E-state index is 13.1. The van der Waals surface area contributed by atoms with Crippen LogP contribution in [0.15, 0.2) is 54.9 Å². The first kappa shape index (κ1) is 26.5. The smallest absolute Gasteiger partial charge is 0.378 e. The number of benzene rings is 1. The van der Waals surface area contributed by atoms with E-state index in [-0.39, 0.29) is 11.1 Å². The lowest BCUT2D eigenvalue weighted by Gasteiger charge is -2.33. The van der Waals surface area contributed by atoms with Crippen molar-refractivity contribution in [1.82, 2.24) is 15.0 Å². The van der Waals surface area contributed by atoms with Crippen LogP contribution in [-0.4, -0.2) is 29.8 Å².